The molecule has 3 rings (SSSR count). The van der Waals surface area contributed by atoms with Gasteiger partial charge in [-0.1, -0.05) is 42.5 Å². The summed E-state index contributed by atoms with van der Waals surface area (Å²) in [7, 11) is 0. The van der Waals surface area contributed by atoms with E-state index in [0.29, 0.717) is 18.1 Å². The molecule has 1 aliphatic heterocycles. The van der Waals surface area contributed by atoms with E-state index in [-0.39, 0.29) is 0 Å². The lowest BCUT2D eigenvalue weighted by atomic mass is 9.91. The van der Waals surface area contributed by atoms with E-state index >= 15 is 0 Å². The Hall–Kier alpha value is -0.910. The third-order valence-electron chi connectivity index (χ3n) is 4.43. The molecule has 22 heavy (non-hydrogen) atoms. The van der Waals surface area contributed by atoms with Gasteiger partial charge in [0.15, 0.2) is 0 Å². The highest BCUT2D eigenvalue weighted by molar-refractivity contribution is 14.1. The number of halogens is 1. The highest BCUT2D eigenvalue weighted by atomic mass is 127. The number of nitrogens with one attached hydrogen (secondary N) is 2. The van der Waals surface area contributed by atoms with Gasteiger partial charge in [0.2, 0.25) is 0 Å². The van der Waals surface area contributed by atoms with Crippen LogP contribution in [0.25, 0.3) is 0 Å². The molecule has 116 valence electrons. The van der Waals surface area contributed by atoms with Crippen molar-refractivity contribution >= 4 is 22.6 Å². The Bertz CT molecular complexity index is 599. The van der Waals surface area contributed by atoms with Gasteiger partial charge < -0.3 is 10.6 Å². The Morgan fingerprint density at radius 3 is 2.73 bits per heavy atom. The molecule has 0 radical (unpaired) electrons. The van der Waals surface area contributed by atoms with Crippen LogP contribution in [0.1, 0.15) is 43.0 Å². The van der Waals surface area contributed by atoms with Crippen LogP contribution < -0.4 is 10.6 Å². The first-order chi connectivity index (χ1) is 10.7. The fourth-order valence-corrected chi connectivity index (χ4v) is 3.84. The minimum atomic E-state index is 0.367. The van der Waals surface area contributed by atoms with Crippen molar-refractivity contribution in [3.05, 3.63) is 69.3 Å². The lowest BCUT2D eigenvalue weighted by Crippen LogP contribution is -2.46. The molecule has 1 saturated heterocycles. The van der Waals surface area contributed by atoms with Crippen LogP contribution in [0.5, 0.6) is 0 Å². The van der Waals surface area contributed by atoms with Crippen LogP contribution in [-0.2, 0) is 0 Å². The van der Waals surface area contributed by atoms with Crippen molar-refractivity contribution in [2.45, 2.75) is 37.9 Å². The molecule has 1 fully saturated rings. The van der Waals surface area contributed by atoms with E-state index in [4.69, 9.17) is 0 Å². The van der Waals surface area contributed by atoms with Gasteiger partial charge in [-0.25, -0.2) is 0 Å². The molecular formula is C19H23IN2. The number of benzene rings is 2. The van der Waals surface area contributed by atoms with Gasteiger partial charge in [0, 0.05) is 21.7 Å². The Morgan fingerprint density at radius 2 is 1.95 bits per heavy atom. The maximum atomic E-state index is 3.85. The van der Waals surface area contributed by atoms with Crippen LogP contribution >= 0.6 is 22.6 Å². The Labute approximate surface area is 146 Å². The average Bonchev–Trinajstić information content (AvgIpc) is 2.56. The first-order valence-corrected chi connectivity index (χ1v) is 9.12. The standard InChI is InChI=1S/C19H23IN2/c1-14(16-9-5-10-17(20)13-16)22-18-11-6-12-21-19(18)15-7-3-2-4-8-15/h2-5,7-10,13-14,18-19,21-22H,6,11-12H2,1H3/t14-,18?,19?/m1/s1. The quantitative estimate of drug-likeness (QED) is 0.734. The van der Waals surface area contributed by atoms with Crippen LogP contribution in [0.15, 0.2) is 54.6 Å². The lowest BCUT2D eigenvalue weighted by Gasteiger charge is -2.35. The predicted octanol–water partition coefficient (Wildman–Crippen LogP) is 4.44. The molecule has 0 amide bonds. The molecule has 2 aromatic carbocycles. The smallest absolute Gasteiger partial charge is 0.0476 e. The zero-order valence-electron chi connectivity index (χ0n) is 12.9. The minimum absolute atomic E-state index is 0.367. The van der Waals surface area contributed by atoms with E-state index in [0.717, 1.165) is 6.54 Å². The average molecular weight is 406 g/mol. The molecule has 0 spiro atoms. The summed E-state index contributed by atoms with van der Waals surface area (Å²) in [5, 5.41) is 7.53. The Morgan fingerprint density at radius 1 is 1.14 bits per heavy atom. The van der Waals surface area contributed by atoms with Crippen LogP contribution in [0.3, 0.4) is 0 Å². The third kappa shape index (κ3) is 3.89. The first kappa shape index (κ1) is 16.0. The van der Waals surface area contributed by atoms with E-state index < -0.39 is 0 Å². The van der Waals surface area contributed by atoms with Gasteiger partial charge in [-0.3, -0.25) is 0 Å². The fourth-order valence-electron chi connectivity index (χ4n) is 3.27. The van der Waals surface area contributed by atoms with Gasteiger partial charge in [0.1, 0.15) is 0 Å². The zero-order valence-corrected chi connectivity index (χ0v) is 15.1. The van der Waals surface area contributed by atoms with Crippen LogP contribution in [0, 0.1) is 3.57 Å². The number of hydrogen-bond acceptors (Lipinski definition) is 2. The molecule has 2 N–H and O–H groups in total. The summed E-state index contributed by atoms with van der Waals surface area (Å²) in [4.78, 5) is 0. The molecule has 0 saturated carbocycles. The lowest BCUT2D eigenvalue weighted by molar-refractivity contribution is 0.287. The molecule has 3 atom stereocenters. The first-order valence-electron chi connectivity index (χ1n) is 8.04. The van der Waals surface area contributed by atoms with Gasteiger partial charge in [-0.2, -0.15) is 0 Å². The normalized spacial score (nSPS) is 23.2. The van der Waals surface area contributed by atoms with Gasteiger partial charge in [0.05, 0.1) is 0 Å². The van der Waals surface area contributed by atoms with Crippen molar-refractivity contribution in [1.29, 1.82) is 0 Å². The maximum Gasteiger partial charge on any atom is 0.0476 e. The number of hydrogen-bond donors (Lipinski definition) is 2. The van der Waals surface area contributed by atoms with Gasteiger partial charge in [0.25, 0.3) is 0 Å². The van der Waals surface area contributed by atoms with Crippen LogP contribution in [0.2, 0.25) is 0 Å². The second-order valence-corrected chi connectivity index (χ2v) is 7.28. The second-order valence-electron chi connectivity index (χ2n) is 6.03. The molecule has 0 aromatic heterocycles. The molecule has 2 aromatic rings. The zero-order chi connectivity index (χ0) is 15.4. The SMILES string of the molecule is C[C@@H](NC1CCCNC1c1ccccc1)c1cccc(I)c1. The van der Waals surface area contributed by atoms with Crippen molar-refractivity contribution in [2.75, 3.05) is 6.54 Å². The summed E-state index contributed by atoms with van der Waals surface area (Å²) in [5.74, 6) is 0. The molecular weight excluding hydrogens is 383 g/mol. The summed E-state index contributed by atoms with van der Waals surface area (Å²) in [6.07, 6.45) is 2.46. The number of rotatable bonds is 4. The summed E-state index contributed by atoms with van der Waals surface area (Å²) in [5.41, 5.74) is 2.75. The molecule has 2 nitrogen and oxygen atoms in total. The van der Waals surface area contributed by atoms with Crippen molar-refractivity contribution < 1.29 is 0 Å². The predicted molar refractivity (Wildman–Crippen MR) is 101 cm³/mol. The molecule has 3 heteroatoms. The van der Waals surface area contributed by atoms with Crippen molar-refractivity contribution in [2.24, 2.45) is 0 Å². The monoisotopic (exact) mass is 406 g/mol. The molecule has 0 aliphatic carbocycles. The van der Waals surface area contributed by atoms with Crippen molar-refractivity contribution in [1.82, 2.24) is 10.6 Å². The van der Waals surface area contributed by atoms with E-state index in [1.807, 2.05) is 0 Å². The molecule has 2 unspecified atom stereocenters. The largest absolute Gasteiger partial charge is 0.309 e. The third-order valence-corrected chi connectivity index (χ3v) is 5.10. The fraction of sp³-hybridized carbons (Fsp3) is 0.368. The summed E-state index contributed by atoms with van der Waals surface area (Å²) in [6, 6.07) is 20.8. The van der Waals surface area contributed by atoms with Crippen LogP contribution in [0.4, 0.5) is 0 Å². The van der Waals surface area contributed by atoms with E-state index in [1.54, 1.807) is 0 Å². The minimum Gasteiger partial charge on any atom is -0.309 e. The van der Waals surface area contributed by atoms with Gasteiger partial charge in [-0.05, 0) is 72.2 Å². The van der Waals surface area contributed by atoms with E-state index in [1.165, 1.54) is 27.5 Å². The summed E-state index contributed by atoms with van der Waals surface area (Å²) in [6.45, 7) is 3.37. The van der Waals surface area contributed by atoms with Gasteiger partial charge >= 0.3 is 0 Å². The maximum absolute atomic E-state index is 3.85. The number of piperidine rings is 1. The highest BCUT2D eigenvalue weighted by Gasteiger charge is 2.27. The van der Waals surface area contributed by atoms with E-state index in [9.17, 15) is 0 Å². The summed E-state index contributed by atoms with van der Waals surface area (Å²) < 4.78 is 1.30. The topological polar surface area (TPSA) is 24.1 Å². The van der Waals surface area contributed by atoms with E-state index in [2.05, 4.69) is 94.7 Å². The van der Waals surface area contributed by atoms with Crippen molar-refractivity contribution in [3.63, 3.8) is 0 Å². The Kier molecular flexibility index (Phi) is 5.50. The van der Waals surface area contributed by atoms with Crippen LogP contribution in [-0.4, -0.2) is 12.6 Å². The molecule has 1 heterocycles. The highest BCUT2D eigenvalue weighted by Crippen LogP contribution is 2.26. The van der Waals surface area contributed by atoms with Gasteiger partial charge in [-0.15, -0.1) is 0 Å². The Balaban J connectivity index is 1.74. The van der Waals surface area contributed by atoms with Crippen molar-refractivity contribution in [3.8, 4) is 0 Å². The second kappa shape index (κ2) is 7.57. The molecule has 1 aliphatic rings. The molecule has 0 bridgehead atoms. The summed E-state index contributed by atoms with van der Waals surface area (Å²) >= 11 is 2.38.